The summed E-state index contributed by atoms with van der Waals surface area (Å²) in [5.41, 5.74) is 1.50. The number of carbonyl (C=O) groups excluding carboxylic acids is 1. The summed E-state index contributed by atoms with van der Waals surface area (Å²) in [6, 6.07) is 5.55. The smallest absolute Gasteiger partial charge is 0.290 e. The highest BCUT2D eigenvalue weighted by atomic mass is 35.5. The number of hydrogen-bond donors (Lipinski definition) is 0. The number of rotatable bonds is 2. The summed E-state index contributed by atoms with van der Waals surface area (Å²) in [4.78, 5) is 14.3. The molecular weight excluding hydrogens is 304 g/mol. The van der Waals surface area contributed by atoms with Crippen LogP contribution in [-0.2, 0) is 0 Å². The molecule has 0 atom stereocenters. The Kier molecular flexibility index (Phi) is 2.94. The van der Waals surface area contributed by atoms with Crippen LogP contribution in [0.15, 0.2) is 35.0 Å². The van der Waals surface area contributed by atoms with Crippen molar-refractivity contribution in [3.63, 3.8) is 0 Å². The number of likely N-dealkylation sites (tertiary alicyclic amines) is 1. The van der Waals surface area contributed by atoms with Crippen LogP contribution in [0.2, 0.25) is 5.02 Å². The van der Waals surface area contributed by atoms with Gasteiger partial charge in [0.15, 0.2) is 5.76 Å². The summed E-state index contributed by atoms with van der Waals surface area (Å²) in [6.45, 7) is 3.10. The van der Waals surface area contributed by atoms with Crippen LogP contribution in [0, 0.1) is 6.92 Å². The highest BCUT2D eigenvalue weighted by Crippen LogP contribution is 2.30. The topological polar surface area (TPSA) is 64.2 Å². The highest BCUT2D eigenvalue weighted by Gasteiger charge is 2.35. The molecule has 0 radical (unpaired) electrons. The quantitative estimate of drug-likeness (QED) is 0.729. The Morgan fingerprint density at radius 2 is 2.23 bits per heavy atom. The lowest BCUT2D eigenvalue weighted by atomic mass is 10.1. The Morgan fingerprint density at radius 1 is 1.41 bits per heavy atom. The number of hydrogen-bond acceptors (Lipinski definition) is 4. The van der Waals surface area contributed by atoms with Gasteiger partial charge in [-0.2, -0.15) is 0 Å². The normalized spacial score (nSPS) is 15.3. The number of fused-ring (bicyclic) bond motifs is 1. The predicted octanol–water partition coefficient (Wildman–Crippen LogP) is 2.68. The average molecular weight is 317 g/mol. The minimum Gasteiger partial charge on any atom is -0.451 e. The zero-order valence-electron chi connectivity index (χ0n) is 11.9. The number of aryl methyl sites for hydroxylation is 1. The molecule has 0 saturated carbocycles. The minimum atomic E-state index is -0.0961. The van der Waals surface area contributed by atoms with Crippen molar-refractivity contribution in [1.29, 1.82) is 0 Å². The van der Waals surface area contributed by atoms with Crippen LogP contribution in [0.4, 0.5) is 0 Å². The van der Waals surface area contributed by atoms with E-state index in [2.05, 4.69) is 10.3 Å². The zero-order chi connectivity index (χ0) is 15.3. The molecule has 0 N–H and O–H groups in total. The van der Waals surface area contributed by atoms with E-state index in [4.69, 9.17) is 16.0 Å². The van der Waals surface area contributed by atoms with E-state index in [1.54, 1.807) is 34.1 Å². The summed E-state index contributed by atoms with van der Waals surface area (Å²) in [5.74, 6) is 0.287. The Labute approximate surface area is 131 Å². The second kappa shape index (κ2) is 4.84. The molecule has 1 aliphatic heterocycles. The molecular formula is C15H13ClN4O2. The second-order valence-corrected chi connectivity index (χ2v) is 5.88. The van der Waals surface area contributed by atoms with Crippen LogP contribution in [0.5, 0.6) is 0 Å². The molecule has 0 unspecified atom stereocenters. The van der Waals surface area contributed by atoms with Crippen molar-refractivity contribution in [2.45, 2.75) is 13.0 Å². The molecule has 22 heavy (non-hydrogen) atoms. The Morgan fingerprint density at radius 3 is 2.95 bits per heavy atom. The minimum absolute atomic E-state index is 0.0961. The first-order valence-electron chi connectivity index (χ1n) is 6.97. The molecule has 3 aromatic rings. The van der Waals surface area contributed by atoms with Gasteiger partial charge in [0.25, 0.3) is 5.91 Å². The number of halogens is 1. The molecule has 6 nitrogen and oxygen atoms in total. The SMILES string of the molecule is Cc1c(C(=O)N2CC(n3ccnn3)C2)oc2ccc(Cl)cc12. The van der Waals surface area contributed by atoms with Crippen LogP contribution in [0.25, 0.3) is 11.0 Å². The van der Waals surface area contributed by atoms with E-state index < -0.39 is 0 Å². The van der Waals surface area contributed by atoms with Gasteiger partial charge in [0.2, 0.25) is 0 Å². The van der Waals surface area contributed by atoms with Crippen molar-refractivity contribution in [3.8, 4) is 0 Å². The average Bonchev–Trinajstić information content (AvgIpc) is 3.06. The molecule has 1 fully saturated rings. The largest absolute Gasteiger partial charge is 0.451 e. The van der Waals surface area contributed by atoms with E-state index in [-0.39, 0.29) is 11.9 Å². The van der Waals surface area contributed by atoms with E-state index in [0.29, 0.717) is 29.5 Å². The molecule has 112 valence electrons. The number of nitrogens with zero attached hydrogens (tertiary/aromatic N) is 4. The fourth-order valence-corrected chi connectivity index (χ4v) is 2.91. The number of furan rings is 1. The van der Waals surface area contributed by atoms with Crippen LogP contribution in [0.1, 0.15) is 22.2 Å². The van der Waals surface area contributed by atoms with Gasteiger partial charge in [-0.15, -0.1) is 5.10 Å². The molecule has 1 saturated heterocycles. The van der Waals surface area contributed by atoms with Gasteiger partial charge in [-0.1, -0.05) is 16.8 Å². The van der Waals surface area contributed by atoms with Gasteiger partial charge in [0.05, 0.1) is 12.2 Å². The summed E-state index contributed by atoms with van der Waals surface area (Å²) in [6.07, 6.45) is 3.44. The number of benzene rings is 1. The zero-order valence-corrected chi connectivity index (χ0v) is 12.6. The highest BCUT2D eigenvalue weighted by molar-refractivity contribution is 6.31. The molecule has 3 heterocycles. The van der Waals surface area contributed by atoms with E-state index in [1.807, 2.05) is 13.0 Å². The fourth-order valence-electron chi connectivity index (χ4n) is 2.74. The number of carbonyl (C=O) groups is 1. The van der Waals surface area contributed by atoms with Crippen molar-refractivity contribution in [1.82, 2.24) is 19.9 Å². The maximum Gasteiger partial charge on any atom is 0.290 e. The maximum absolute atomic E-state index is 12.6. The monoisotopic (exact) mass is 316 g/mol. The first-order valence-corrected chi connectivity index (χ1v) is 7.35. The van der Waals surface area contributed by atoms with Crippen LogP contribution < -0.4 is 0 Å². The van der Waals surface area contributed by atoms with Gasteiger partial charge in [0.1, 0.15) is 5.58 Å². The standard InChI is InChI=1S/C15H13ClN4O2/c1-9-12-6-10(16)2-3-13(12)22-14(9)15(21)19-7-11(8-19)20-5-4-17-18-20/h2-6,11H,7-8H2,1H3. The Bertz CT molecular complexity index is 850. The van der Waals surface area contributed by atoms with Gasteiger partial charge < -0.3 is 9.32 Å². The first kappa shape index (κ1) is 13.3. The lowest BCUT2D eigenvalue weighted by Crippen LogP contribution is -2.50. The molecule has 1 aliphatic rings. The third-order valence-electron chi connectivity index (χ3n) is 4.06. The summed E-state index contributed by atoms with van der Waals surface area (Å²) < 4.78 is 7.49. The predicted molar refractivity (Wildman–Crippen MR) is 80.9 cm³/mol. The van der Waals surface area contributed by atoms with Gasteiger partial charge >= 0.3 is 0 Å². The van der Waals surface area contributed by atoms with Crippen molar-refractivity contribution in [2.24, 2.45) is 0 Å². The summed E-state index contributed by atoms with van der Waals surface area (Å²) >= 11 is 6.00. The van der Waals surface area contributed by atoms with E-state index in [0.717, 1.165) is 10.9 Å². The molecule has 7 heteroatoms. The Balaban J connectivity index is 1.58. The van der Waals surface area contributed by atoms with Crippen molar-refractivity contribution in [2.75, 3.05) is 13.1 Å². The fraction of sp³-hybridized carbons (Fsp3) is 0.267. The van der Waals surface area contributed by atoms with Gasteiger partial charge in [-0.25, -0.2) is 4.68 Å². The van der Waals surface area contributed by atoms with Gasteiger partial charge in [-0.3, -0.25) is 4.79 Å². The van der Waals surface area contributed by atoms with Crippen LogP contribution >= 0.6 is 11.6 Å². The third-order valence-corrected chi connectivity index (χ3v) is 4.29. The maximum atomic E-state index is 12.6. The third kappa shape index (κ3) is 1.99. The number of amides is 1. The molecule has 1 amide bonds. The van der Waals surface area contributed by atoms with Crippen LogP contribution in [0.3, 0.4) is 0 Å². The van der Waals surface area contributed by atoms with E-state index in [1.165, 1.54) is 0 Å². The second-order valence-electron chi connectivity index (χ2n) is 5.44. The van der Waals surface area contributed by atoms with Crippen molar-refractivity contribution in [3.05, 3.63) is 46.9 Å². The Hall–Kier alpha value is -2.34. The molecule has 4 rings (SSSR count). The van der Waals surface area contributed by atoms with Gasteiger partial charge in [-0.05, 0) is 25.1 Å². The van der Waals surface area contributed by atoms with Crippen LogP contribution in [-0.4, -0.2) is 38.9 Å². The van der Waals surface area contributed by atoms with Crippen molar-refractivity contribution >= 4 is 28.5 Å². The van der Waals surface area contributed by atoms with E-state index in [9.17, 15) is 4.79 Å². The molecule has 0 spiro atoms. The van der Waals surface area contributed by atoms with E-state index >= 15 is 0 Å². The molecule has 0 aliphatic carbocycles. The first-order chi connectivity index (χ1) is 10.6. The number of aromatic nitrogens is 3. The molecule has 0 bridgehead atoms. The van der Waals surface area contributed by atoms with Crippen molar-refractivity contribution < 1.29 is 9.21 Å². The molecule has 2 aromatic heterocycles. The lowest BCUT2D eigenvalue weighted by molar-refractivity contribution is 0.0468. The lowest BCUT2D eigenvalue weighted by Gasteiger charge is -2.38. The van der Waals surface area contributed by atoms with Gasteiger partial charge in [0, 0.05) is 35.3 Å². The summed E-state index contributed by atoms with van der Waals surface area (Å²) in [7, 11) is 0. The summed E-state index contributed by atoms with van der Waals surface area (Å²) in [5, 5.41) is 9.25. The molecule has 1 aromatic carbocycles.